The van der Waals surface area contributed by atoms with Gasteiger partial charge in [-0.2, -0.15) is 0 Å². The van der Waals surface area contributed by atoms with E-state index in [1.165, 1.54) is 25.1 Å². The van der Waals surface area contributed by atoms with Gasteiger partial charge in [-0.15, -0.1) is 0 Å². The summed E-state index contributed by atoms with van der Waals surface area (Å²) < 4.78 is 10.7. The summed E-state index contributed by atoms with van der Waals surface area (Å²) in [7, 11) is 1.36. The minimum Gasteiger partial charge on any atom is -0.465 e. The minimum atomic E-state index is -0.345. The molecule has 0 amide bonds. The van der Waals surface area contributed by atoms with Gasteiger partial charge in [0.05, 0.1) is 18.9 Å². The van der Waals surface area contributed by atoms with Gasteiger partial charge in [-0.1, -0.05) is 33.8 Å². The van der Waals surface area contributed by atoms with E-state index in [1.54, 1.807) is 18.3 Å². The van der Waals surface area contributed by atoms with E-state index >= 15 is 0 Å². The van der Waals surface area contributed by atoms with Crippen molar-refractivity contribution in [2.45, 2.75) is 11.0 Å². The fourth-order valence-electron chi connectivity index (χ4n) is 1.33. The number of hydrogen-bond acceptors (Lipinski definition) is 5. The lowest BCUT2D eigenvalue weighted by Crippen LogP contribution is -2.01. The first-order valence-electron chi connectivity index (χ1n) is 5.09. The fourth-order valence-corrected chi connectivity index (χ4v) is 2.82. The Morgan fingerprint density at radius 3 is 3.00 bits per heavy atom. The van der Waals surface area contributed by atoms with Crippen molar-refractivity contribution in [3.05, 3.63) is 46.3 Å². The molecule has 4 nitrogen and oxygen atoms in total. The monoisotopic (exact) mass is 327 g/mol. The largest absolute Gasteiger partial charge is 0.465 e. The number of oxazole rings is 1. The molecule has 0 atom stereocenters. The van der Waals surface area contributed by atoms with Crippen LogP contribution in [0.25, 0.3) is 0 Å². The number of hydrogen-bond donors (Lipinski definition) is 0. The number of ether oxygens (including phenoxy) is 1. The normalized spacial score (nSPS) is 10.3. The molecule has 0 aliphatic heterocycles. The summed E-state index contributed by atoms with van der Waals surface area (Å²) in [4.78, 5) is 15.4. The van der Waals surface area contributed by atoms with Gasteiger partial charge in [0.2, 0.25) is 0 Å². The molecule has 1 aromatic carbocycles. The summed E-state index contributed by atoms with van der Waals surface area (Å²) in [5, 5.41) is 0.624. The van der Waals surface area contributed by atoms with Crippen molar-refractivity contribution < 1.29 is 13.9 Å². The number of aromatic nitrogens is 1. The zero-order chi connectivity index (χ0) is 13.0. The molecule has 6 heteroatoms. The van der Waals surface area contributed by atoms with Crippen LogP contribution in [0.4, 0.5) is 0 Å². The van der Waals surface area contributed by atoms with Crippen LogP contribution in [0.2, 0.25) is 0 Å². The van der Waals surface area contributed by atoms with Gasteiger partial charge in [0.25, 0.3) is 5.22 Å². The zero-order valence-electron chi connectivity index (χ0n) is 9.55. The quantitative estimate of drug-likeness (QED) is 0.635. The number of carbonyl (C=O) groups is 1. The van der Waals surface area contributed by atoms with Crippen molar-refractivity contribution in [1.82, 2.24) is 4.98 Å². The molecule has 0 saturated heterocycles. The first-order chi connectivity index (χ1) is 8.70. The first-order valence-corrected chi connectivity index (χ1v) is 6.87. The number of benzene rings is 1. The van der Waals surface area contributed by atoms with Crippen LogP contribution >= 0.6 is 27.7 Å². The van der Waals surface area contributed by atoms with Crippen LogP contribution < -0.4 is 0 Å². The highest BCUT2D eigenvalue weighted by Crippen LogP contribution is 2.26. The van der Waals surface area contributed by atoms with Crippen molar-refractivity contribution in [3.63, 3.8) is 0 Å². The number of rotatable bonds is 4. The van der Waals surface area contributed by atoms with Crippen LogP contribution in [0.15, 0.2) is 44.8 Å². The molecular formula is C12H10BrNO3S. The second-order valence-electron chi connectivity index (χ2n) is 3.38. The lowest BCUT2D eigenvalue weighted by atomic mass is 10.1. The van der Waals surface area contributed by atoms with E-state index in [0.29, 0.717) is 16.5 Å². The number of nitrogens with zero attached hydrogens (tertiary/aromatic N) is 1. The van der Waals surface area contributed by atoms with Gasteiger partial charge < -0.3 is 9.15 Å². The highest BCUT2D eigenvalue weighted by Gasteiger charge is 2.09. The summed E-state index contributed by atoms with van der Waals surface area (Å²) in [6, 6.07) is 5.37. The van der Waals surface area contributed by atoms with E-state index in [1.807, 2.05) is 6.07 Å². The van der Waals surface area contributed by atoms with Crippen LogP contribution in [0.3, 0.4) is 0 Å². The third kappa shape index (κ3) is 3.14. The Hall–Kier alpha value is -1.27. The molecule has 0 radical (unpaired) electrons. The molecule has 0 aliphatic rings. The lowest BCUT2D eigenvalue weighted by molar-refractivity contribution is 0.0600. The molecule has 0 saturated carbocycles. The van der Waals surface area contributed by atoms with E-state index in [4.69, 9.17) is 4.42 Å². The second-order valence-corrected chi connectivity index (χ2v) is 5.17. The van der Waals surface area contributed by atoms with Gasteiger partial charge in [-0.3, -0.25) is 0 Å². The molecule has 2 rings (SSSR count). The van der Waals surface area contributed by atoms with E-state index in [9.17, 15) is 4.79 Å². The number of halogens is 1. The van der Waals surface area contributed by atoms with Crippen LogP contribution in [0.1, 0.15) is 15.9 Å². The summed E-state index contributed by atoms with van der Waals surface area (Å²) in [6.45, 7) is 0. The van der Waals surface area contributed by atoms with E-state index in [0.717, 1.165) is 10.0 Å². The number of carbonyl (C=O) groups excluding carboxylic acids is 1. The van der Waals surface area contributed by atoms with E-state index in [-0.39, 0.29) is 5.97 Å². The van der Waals surface area contributed by atoms with Crippen molar-refractivity contribution in [1.29, 1.82) is 0 Å². The summed E-state index contributed by atoms with van der Waals surface area (Å²) in [5.74, 6) is 0.366. The third-order valence-corrected chi connectivity index (χ3v) is 3.88. The molecule has 94 valence electrons. The smallest absolute Gasteiger partial charge is 0.337 e. The maximum Gasteiger partial charge on any atom is 0.337 e. The van der Waals surface area contributed by atoms with Crippen molar-refractivity contribution in [2.75, 3.05) is 7.11 Å². The average Bonchev–Trinajstić information content (AvgIpc) is 2.89. The van der Waals surface area contributed by atoms with Crippen molar-refractivity contribution in [2.24, 2.45) is 0 Å². The van der Waals surface area contributed by atoms with Crippen LogP contribution in [-0.2, 0) is 10.5 Å². The van der Waals surface area contributed by atoms with Gasteiger partial charge in [-0.05, 0) is 17.7 Å². The molecule has 0 fully saturated rings. The van der Waals surface area contributed by atoms with Gasteiger partial charge in [0.1, 0.15) is 6.26 Å². The molecule has 0 aliphatic carbocycles. The zero-order valence-corrected chi connectivity index (χ0v) is 12.0. The van der Waals surface area contributed by atoms with Gasteiger partial charge in [0, 0.05) is 10.2 Å². The topological polar surface area (TPSA) is 52.3 Å². The standard InChI is InChI=1S/C12H10BrNO3S/c1-16-11(15)8-2-3-9(10(13)6-8)7-18-12-14-4-5-17-12/h2-6H,7H2,1H3. The van der Waals surface area contributed by atoms with Gasteiger partial charge in [-0.25, -0.2) is 9.78 Å². The number of thioether (sulfide) groups is 1. The van der Waals surface area contributed by atoms with Gasteiger partial charge in [0.15, 0.2) is 0 Å². The molecule has 0 bridgehead atoms. The van der Waals surface area contributed by atoms with Crippen LogP contribution in [0, 0.1) is 0 Å². The highest BCUT2D eigenvalue weighted by atomic mass is 79.9. The minimum absolute atomic E-state index is 0.345. The maximum atomic E-state index is 11.3. The third-order valence-electron chi connectivity index (χ3n) is 2.23. The summed E-state index contributed by atoms with van der Waals surface area (Å²) >= 11 is 4.93. The van der Waals surface area contributed by atoms with Crippen molar-refractivity contribution >= 4 is 33.7 Å². The Bertz CT molecular complexity index is 542. The predicted molar refractivity (Wildman–Crippen MR) is 71.5 cm³/mol. The Labute approximate surface area is 117 Å². The van der Waals surface area contributed by atoms with Gasteiger partial charge >= 0.3 is 5.97 Å². The molecular weight excluding hydrogens is 318 g/mol. The van der Waals surface area contributed by atoms with Crippen molar-refractivity contribution in [3.8, 4) is 0 Å². The Morgan fingerprint density at radius 1 is 1.56 bits per heavy atom. The Morgan fingerprint density at radius 2 is 2.39 bits per heavy atom. The SMILES string of the molecule is COC(=O)c1ccc(CSc2ncco2)c(Br)c1. The van der Waals surface area contributed by atoms with Crippen LogP contribution in [-0.4, -0.2) is 18.1 Å². The fraction of sp³-hybridized carbons (Fsp3) is 0.167. The average molecular weight is 328 g/mol. The molecule has 18 heavy (non-hydrogen) atoms. The molecule has 1 aromatic heterocycles. The van der Waals surface area contributed by atoms with E-state index in [2.05, 4.69) is 25.7 Å². The van der Waals surface area contributed by atoms with E-state index < -0.39 is 0 Å². The summed E-state index contributed by atoms with van der Waals surface area (Å²) in [5.41, 5.74) is 1.58. The molecule has 2 aromatic rings. The molecule has 0 N–H and O–H groups in total. The van der Waals surface area contributed by atoms with Crippen LogP contribution in [0.5, 0.6) is 0 Å². The lowest BCUT2D eigenvalue weighted by Gasteiger charge is -2.05. The summed E-state index contributed by atoms with van der Waals surface area (Å²) in [6.07, 6.45) is 3.15. The maximum absolute atomic E-state index is 11.3. The highest BCUT2D eigenvalue weighted by molar-refractivity contribution is 9.10. The Balaban J connectivity index is 2.08. The first kappa shape index (κ1) is 13.2. The number of esters is 1. The molecule has 1 heterocycles. The predicted octanol–water partition coefficient (Wildman–Crippen LogP) is 3.52. The second kappa shape index (κ2) is 6.06. The Kier molecular flexibility index (Phi) is 4.43. The molecule has 0 unspecified atom stereocenters. The number of methoxy groups -OCH3 is 1. The molecule has 0 spiro atoms.